The van der Waals surface area contributed by atoms with Crippen molar-refractivity contribution in [2.45, 2.75) is 13.3 Å². The first-order valence-electron chi connectivity index (χ1n) is 7.75. The molecule has 3 aromatic rings. The third-order valence-corrected chi connectivity index (χ3v) is 3.67. The van der Waals surface area contributed by atoms with Crippen molar-refractivity contribution in [1.29, 1.82) is 0 Å². The molecule has 0 aromatic heterocycles. The van der Waals surface area contributed by atoms with E-state index in [1.54, 1.807) is 24.3 Å². The molecular formula is C20H18N2O2. The van der Waals surface area contributed by atoms with Crippen molar-refractivity contribution in [1.82, 2.24) is 0 Å². The Morgan fingerprint density at radius 1 is 0.792 bits per heavy atom. The standard InChI is InChI=1S/C20H18N2O2/c1-14(23)21-18-8-10-19(11-9-18)22-20(24)13-15-6-7-16-4-2-3-5-17(16)12-15/h2-12H,13H2,1H3,(H,21,23)(H,22,24). The molecule has 0 atom stereocenters. The normalized spacial score (nSPS) is 10.4. The van der Waals surface area contributed by atoms with E-state index in [0.717, 1.165) is 16.3 Å². The summed E-state index contributed by atoms with van der Waals surface area (Å²) >= 11 is 0. The summed E-state index contributed by atoms with van der Waals surface area (Å²) in [5.74, 6) is -0.194. The Kier molecular flexibility index (Phi) is 4.57. The number of benzene rings is 3. The molecule has 2 amide bonds. The predicted molar refractivity (Wildman–Crippen MR) is 97.0 cm³/mol. The minimum atomic E-state index is -0.122. The number of carbonyl (C=O) groups is 2. The maximum absolute atomic E-state index is 12.2. The quantitative estimate of drug-likeness (QED) is 0.764. The van der Waals surface area contributed by atoms with Gasteiger partial charge in [-0.25, -0.2) is 0 Å². The second kappa shape index (κ2) is 6.96. The lowest BCUT2D eigenvalue weighted by Gasteiger charge is -2.08. The smallest absolute Gasteiger partial charge is 0.228 e. The van der Waals surface area contributed by atoms with Crippen molar-refractivity contribution >= 4 is 34.0 Å². The van der Waals surface area contributed by atoms with Crippen LogP contribution in [-0.2, 0) is 16.0 Å². The monoisotopic (exact) mass is 318 g/mol. The molecule has 2 N–H and O–H groups in total. The number of anilines is 2. The first-order valence-corrected chi connectivity index (χ1v) is 7.75. The lowest BCUT2D eigenvalue weighted by molar-refractivity contribution is -0.116. The molecule has 0 fully saturated rings. The van der Waals surface area contributed by atoms with E-state index in [1.807, 2.05) is 36.4 Å². The highest BCUT2D eigenvalue weighted by Crippen LogP contribution is 2.17. The summed E-state index contributed by atoms with van der Waals surface area (Å²) in [6.07, 6.45) is 0.318. The topological polar surface area (TPSA) is 58.2 Å². The number of amides is 2. The fraction of sp³-hybridized carbons (Fsp3) is 0.100. The third-order valence-electron chi connectivity index (χ3n) is 3.67. The van der Waals surface area contributed by atoms with Gasteiger partial charge in [0.1, 0.15) is 0 Å². The van der Waals surface area contributed by atoms with Gasteiger partial charge >= 0.3 is 0 Å². The Morgan fingerprint density at radius 2 is 1.42 bits per heavy atom. The number of fused-ring (bicyclic) bond motifs is 1. The SMILES string of the molecule is CC(=O)Nc1ccc(NC(=O)Cc2ccc3ccccc3c2)cc1. The average molecular weight is 318 g/mol. The fourth-order valence-electron chi connectivity index (χ4n) is 2.58. The highest BCUT2D eigenvalue weighted by molar-refractivity contribution is 5.94. The van der Waals surface area contributed by atoms with Crippen LogP contribution in [-0.4, -0.2) is 11.8 Å². The minimum absolute atomic E-state index is 0.0717. The van der Waals surface area contributed by atoms with E-state index in [9.17, 15) is 9.59 Å². The number of hydrogen-bond donors (Lipinski definition) is 2. The van der Waals surface area contributed by atoms with E-state index in [0.29, 0.717) is 17.8 Å². The number of carbonyl (C=O) groups excluding carboxylic acids is 2. The van der Waals surface area contributed by atoms with E-state index in [-0.39, 0.29) is 11.8 Å². The zero-order valence-electron chi connectivity index (χ0n) is 13.4. The molecule has 4 nitrogen and oxygen atoms in total. The highest BCUT2D eigenvalue weighted by Gasteiger charge is 2.05. The Morgan fingerprint density at radius 3 is 2.08 bits per heavy atom. The van der Waals surface area contributed by atoms with Crippen molar-refractivity contribution in [3.8, 4) is 0 Å². The summed E-state index contributed by atoms with van der Waals surface area (Å²) in [5, 5.41) is 7.85. The molecule has 4 heteroatoms. The van der Waals surface area contributed by atoms with Crippen molar-refractivity contribution in [3.05, 3.63) is 72.3 Å². The molecule has 3 aromatic carbocycles. The molecule has 0 aliphatic carbocycles. The lowest BCUT2D eigenvalue weighted by atomic mass is 10.0. The summed E-state index contributed by atoms with van der Waals surface area (Å²) < 4.78 is 0. The van der Waals surface area contributed by atoms with Gasteiger partial charge in [0, 0.05) is 18.3 Å². The maximum Gasteiger partial charge on any atom is 0.228 e. The molecule has 0 unspecified atom stereocenters. The van der Waals surface area contributed by atoms with Gasteiger partial charge in [0.2, 0.25) is 11.8 Å². The van der Waals surface area contributed by atoms with Crippen LogP contribution in [0.2, 0.25) is 0 Å². The molecule has 0 saturated carbocycles. The predicted octanol–water partition coefficient (Wildman–Crippen LogP) is 3.98. The minimum Gasteiger partial charge on any atom is -0.326 e. The molecule has 24 heavy (non-hydrogen) atoms. The summed E-state index contributed by atoms with van der Waals surface area (Å²) in [6, 6.07) is 21.2. The van der Waals surface area contributed by atoms with Gasteiger partial charge in [-0.1, -0.05) is 42.5 Å². The van der Waals surface area contributed by atoms with E-state index < -0.39 is 0 Å². The van der Waals surface area contributed by atoms with E-state index in [2.05, 4.69) is 16.7 Å². The van der Waals surface area contributed by atoms with Crippen LogP contribution in [0.4, 0.5) is 11.4 Å². The molecule has 0 bridgehead atoms. The van der Waals surface area contributed by atoms with E-state index in [1.165, 1.54) is 6.92 Å². The van der Waals surface area contributed by atoms with Gasteiger partial charge in [0.05, 0.1) is 6.42 Å². The van der Waals surface area contributed by atoms with Crippen molar-refractivity contribution in [3.63, 3.8) is 0 Å². The van der Waals surface area contributed by atoms with Gasteiger partial charge in [0.25, 0.3) is 0 Å². The first kappa shape index (κ1) is 15.7. The first-order chi connectivity index (χ1) is 11.6. The summed E-state index contributed by atoms with van der Waals surface area (Å²) in [6.45, 7) is 1.46. The lowest BCUT2D eigenvalue weighted by Crippen LogP contribution is -2.14. The van der Waals surface area contributed by atoms with E-state index in [4.69, 9.17) is 0 Å². The van der Waals surface area contributed by atoms with Gasteiger partial charge in [-0.3, -0.25) is 9.59 Å². The third kappa shape index (κ3) is 3.98. The van der Waals surface area contributed by atoms with Crippen molar-refractivity contribution < 1.29 is 9.59 Å². The van der Waals surface area contributed by atoms with Gasteiger partial charge in [-0.2, -0.15) is 0 Å². The van der Waals surface area contributed by atoms with Crippen molar-refractivity contribution in [2.75, 3.05) is 10.6 Å². The Hall–Kier alpha value is -3.14. The fourth-order valence-corrected chi connectivity index (χ4v) is 2.58. The Balaban J connectivity index is 1.64. The molecule has 120 valence electrons. The number of rotatable bonds is 4. The van der Waals surface area contributed by atoms with Crippen LogP contribution in [0.25, 0.3) is 10.8 Å². The van der Waals surface area contributed by atoms with Crippen LogP contribution in [0, 0.1) is 0 Å². The molecule has 3 rings (SSSR count). The van der Waals surface area contributed by atoms with Crippen LogP contribution < -0.4 is 10.6 Å². The van der Waals surface area contributed by atoms with Crippen LogP contribution in [0.1, 0.15) is 12.5 Å². The zero-order chi connectivity index (χ0) is 16.9. The zero-order valence-corrected chi connectivity index (χ0v) is 13.4. The van der Waals surface area contributed by atoms with Gasteiger partial charge in [-0.05, 0) is 40.6 Å². The number of nitrogens with one attached hydrogen (secondary N) is 2. The summed E-state index contributed by atoms with van der Waals surface area (Å²) in [5.41, 5.74) is 2.38. The molecule has 0 radical (unpaired) electrons. The molecule has 0 aliphatic heterocycles. The van der Waals surface area contributed by atoms with Crippen molar-refractivity contribution in [2.24, 2.45) is 0 Å². The second-order valence-corrected chi connectivity index (χ2v) is 5.66. The second-order valence-electron chi connectivity index (χ2n) is 5.66. The summed E-state index contributed by atoms with van der Waals surface area (Å²) in [4.78, 5) is 23.2. The van der Waals surface area contributed by atoms with Gasteiger partial charge in [0.15, 0.2) is 0 Å². The average Bonchev–Trinajstić information content (AvgIpc) is 2.56. The molecule has 0 spiro atoms. The molecule has 0 aliphatic rings. The van der Waals surface area contributed by atoms with E-state index >= 15 is 0 Å². The Labute approximate surface area is 140 Å². The van der Waals surface area contributed by atoms with Crippen LogP contribution in [0.3, 0.4) is 0 Å². The van der Waals surface area contributed by atoms with Crippen LogP contribution in [0.5, 0.6) is 0 Å². The largest absolute Gasteiger partial charge is 0.326 e. The highest BCUT2D eigenvalue weighted by atomic mass is 16.2. The van der Waals surface area contributed by atoms with Crippen LogP contribution >= 0.6 is 0 Å². The molecular weight excluding hydrogens is 300 g/mol. The van der Waals surface area contributed by atoms with Gasteiger partial charge < -0.3 is 10.6 Å². The molecule has 0 saturated heterocycles. The van der Waals surface area contributed by atoms with Gasteiger partial charge in [-0.15, -0.1) is 0 Å². The maximum atomic E-state index is 12.2. The van der Waals surface area contributed by atoms with Crippen LogP contribution in [0.15, 0.2) is 66.7 Å². The summed E-state index contributed by atoms with van der Waals surface area (Å²) in [7, 11) is 0. The molecule has 0 heterocycles. The number of hydrogen-bond acceptors (Lipinski definition) is 2. The Bertz CT molecular complexity index is 886.